The van der Waals surface area contributed by atoms with E-state index in [0.717, 1.165) is 0 Å². The largest absolute Gasteiger partial charge is 0.162 e. The quantitative estimate of drug-likeness (QED) is 0.0602. The molecule has 0 unspecified atom stereocenters. The minimum absolute atomic E-state index is 1.37. The first-order valence-corrected chi connectivity index (χ1v) is 22.6. The lowest BCUT2D eigenvalue weighted by molar-refractivity contribution is 0.520. The lowest BCUT2D eigenvalue weighted by Crippen LogP contribution is -1.87. The number of rotatable bonds is 41. The van der Waals surface area contributed by atoms with Gasteiger partial charge in [0.15, 0.2) is 0 Å². The molecule has 0 saturated heterocycles. The highest BCUT2D eigenvalue weighted by Crippen LogP contribution is 2.17. The third-order valence-corrected chi connectivity index (χ3v) is 11.2. The van der Waals surface area contributed by atoms with Gasteiger partial charge in [0, 0.05) is 0 Å². The third-order valence-electron chi connectivity index (χ3n) is 10.0. The van der Waals surface area contributed by atoms with Crippen molar-refractivity contribution in [2.45, 2.75) is 264 Å². The summed E-state index contributed by atoms with van der Waals surface area (Å²) in [6.45, 7) is 4.62. The van der Waals surface area contributed by atoms with Crippen LogP contribution in [0.2, 0.25) is 0 Å². The maximum atomic E-state index is 2.31. The van der Waals surface area contributed by atoms with E-state index in [9.17, 15) is 0 Å². The van der Waals surface area contributed by atoms with E-state index >= 15 is 0 Å². The summed E-state index contributed by atoms with van der Waals surface area (Å²) in [5, 5.41) is 0. The summed E-state index contributed by atoms with van der Waals surface area (Å²) < 4.78 is 0. The monoisotopic (exact) mass is 637 g/mol. The summed E-state index contributed by atoms with van der Waals surface area (Å²) in [5.74, 6) is 2.83. The molecule has 0 heterocycles. The zero-order valence-electron chi connectivity index (χ0n) is 31.4. The van der Waals surface area contributed by atoms with Crippen LogP contribution in [0.25, 0.3) is 0 Å². The molecule has 44 heavy (non-hydrogen) atoms. The van der Waals surface area contributed by atoms with Gasteiger partial charge in [-0.05, 0) is 24.3 Å². The number of thioether (sulfide) groups is 1. The maximum Gasteiger partial charge on any atom is -0.00675 e. The average Bonchev–Trinajstić information content (AvgIpc) is 3.04. The second-order valence-corrected chi connectivity index (χ2v) is 15.9. The molecule has 0 spiro atoms. The third kappa shape index (κ3) is 42.3. The number of hydrogen-bond acceptors (Lipinski definition) is 1. The van der Waals surface area contributed by atoms with Gasteiger partial charge in [-0.1, -0.05) is 251 Å². The van der Waals surface area contributed by atoms with Crippen LogP contribution in [0, 0.1) is 0 Å². The Balaban J connectivity index is 3.03. The second-order valence-electron chi connectivity index (χ2n) is 14.7. The van der Waals surface area contributed by atoms with Crippen LogP contribution < -0.4 is 0 Å². The first-order valence-electron chi connectivity index (χ1n) is 21.5. The minimum atomic E-state index is 1.37. The van der Waals surface area contributed by atoms with Crippen molar-refractivity contribution in [2.75, 3.05) is 11.5 Å². The Labute approximate surface area is 286 Å². The van der Waals surface area contributed by atoms with Gasteiger partial charge in [-0.3, -0.25) is 0 Å². The number of unbranched alkanes of at least 4 members (excludes halogenated alkanes) is 37. The predicted molar refractivity (Wildman–Crippen MR) is 209 cm³/mol. The van der Waals surface area contributed by atoms with E-state index in [-0.39, 0.29) is 0 Å². The maximum absolute atomic E-state index is 2.31. The van der Waals surface area contributed by atoms with E-state index in [1.807, 2.05) is 0 Å². The van der Waals surface area contributed by atoms with Crippen LogP contribution in [0.3, 0.4) is 0 Å². The summed E-state index contributed by atoms with van der Waals surface area (Å²) in [6.07, 6.45) is 57.7. The van der Waals surface area contributed by atoms with Gasteiger partial charge in [-0.15, -0.1) is 0 Å². The Hall–Kier alpha value is 0.350. The Bertz CT molecular complexity index is 418. The van der Waals surface area contributed by atoms with Gasteiger partial charge in [0.25, 0.3) is 0 Å². The van der Waals surface area contributed by atoms with Crippen molar-refractivity contribution in [3.8, 4) is 0 Å². The highest BCUT2D eigenvalue weighted by atomic mass is 32.2. The smallest absolute Gasteiger partial charge is 0.00675 e. The van der Waals surface area contributed by atoms with E-state index in [2.05, 4.69) is 25.6 Å². The molecule has 0 saturated carbocycles. The van der Waals surface area contributed by atoms with Crippen molar-refractivity contribution >= 4 is 11.8 Å². The molecule has 0 aromatic rings. The average molecular weight is 637 g/mol. The lowest BCUT2D eigenvalue weighted by Gasteiger charge is -2.05. The zero-order valence-corrected chi connectivity index (χ0v) is 32.2. The molecule has 0 atom stereocenters. The van der Waals surface area contributed by atoms with Crippen LogP contribution in [-0.4, -0.2) is 11.5 Å². The van der Waals surface area contributed by atoms with Crippen molar-refractivity contribution in [3.63, 3.8) is 0 Å². The van der Waals surface area contributed by atoms with Crippen LogP contribution in [0.1, 0.15) is 264 Å². The minimum Gasteiger partial charge on any atom is -0.162 e. The molecule has 0 aromatic carbocycles. The zero-order chi connectivity index (χ0) is 31.7. The van der Waals surface area contributed by atoms with Crippen LogP contribution in [0.5, 0.6) is 0 Å². The molecule has 0 aliphatic heterocycles. The van der Waals surface area contributed by atoms with Crippen molar-refractivity contribution in [2.24, 2.45) is 0 Å². The van der Waals surface area contributed by atoms with Crippen LogP contribution in [-0.2, 0) is 0 Å². The molecular weight excluding hydrogens is 549 g/mol. The van der Waals surface area contributed by atoms with E-state index in [1.54, 1.807) is 0 Å². The molecule has 0 fully saturated rings. The fourth-order valence-electron chi connectivity index (χ4n) is 6.84. The second kappa shape index (κ2) is 43.4. The van der Waals surface area contributed by atoms with Gasteiger partial charge >= 0.3 is 0 Å². The molecular formula is C43H88S. The van der Waals surface area contributed by atoms with Crippen molar-refractivity contribution < 1.29 is 0 Å². The molecule has 0 aliphatic carbocycles. The fourth-order valence-corrected chi connectivity index (χ4v) is 7.86. The summed E-state index contributed by atoms with van der Waals surface area (Å²) in [6, 6.07) is 0. The van der Waals surface area contributed by atoms with Crippen molar-refractivity contribution in [1.82, 2.24) is 0 Å². The molecule has 0 aliphatic rings. The Morgan fingerprint density at radius 2 is 0.318 bits per heavy atom. The molecule has 0 nitrogen and oxygen atoms in total. The van der Waals surface area contributed by atoms with Gasteiger partial charge in [0.05, 0.1) is 0 Å². The summed E-state index contributed by atoms with van der Waals surface area (Å²) in [4.78, 5) is 0. The standard InChI is InChI=1S/C43H88S/c1-3-5-7-9-11-13-15-17-19-21-22-23-24-25-27-29-31-33-35-37-39-41-43-44-42-40-38-36-34-32-30-28-26-20-18-16-14-12-10-8-6-4-2/h3-43H2,1-2H3. The van der Waals surface area contributed by atoms with Gasteiger partial charge in [0.1, 0.15) is 0 Å². The van der Waals surface area contributed by atoms with E-state index in [0.29, 0.717) is 0 Å². The first kappa shape index (κ1) is 44.4. The topological polar surface area (TPSA) is 0 Å². The highest BCUT2D eigenvalue weighted by molar-refractivity contribution is 7.99. The van der Waals surface area contributed by atoms with Crippen molar-refractivity contribution in [1.29, 1.82) is 0 Å². The molecule has 0 N–H and O–H groups in total. The van der Waals surface area contributed by atoms with Crippen LogP contribution >= 0.6 is 11.8 Å². The van der Waals surface area contributed by atoms with Gasteiger partial charge in [-0.25, -0.2) is 0 Å². The Morgan fingerprint density at radius 1 is 0.182 bits per heavy atom. The molecule has 0 rings (SSSR count). The lowest BCUT2D eigenvalue weighted by atomic mass is 10.0. The fraction of sp³-hybridized carbons (Fsp3) is 1.00. The Morgan fingerprint density at radius 3 is 0.477 bits per heavy atom. The summed E-state index contributed by atoms with van der Waals surface area (Å²) in [7, 11) is 0. The Kier molecular flexibility index (Phi) is 43.7. The van der Waals surface area contributed by atoms with Crippen LogP contribution in [0.4, 0.5) is 0 Å². The van der Waals surface area contributed by atoms with Gasteiger partial charge in [0.2, 0.25) is 0 Å². The van der Waals surface area contributed by atoms with Gasteiger partial charge in [-0.2, -0.15) is 11.8 Å². The van der Waals surface area contributed by atoms with Gasteiger partial charge < -0.3 is 0 Å². The number of hydrogen-bond donors (Lipinski definition) is 0. The van der Waals surface area contributed by atoms with Crippen LogP contribution in [0.15, 0.2) is 0 Å². The molecule has 0 amide bonds. The SMILES string of the molecule is CCCCCCCCCCCCCCCCCCCCCCCCSCCCCCCCCCCCCCCCCCCC. The van der Waals surface area contributed by atoms with E-state index < -0.39 is 0 Å². The predicted octanol–water partition coefficient (Wildman–Crippen LogP) is 17.0. The van der Waals surface area contributed by atoms with Crippen molar-refractivity contribution in [3.05, 3.63) is 0 Å². The molecule has 1 heteroatoms. The summed E-state index contributed by atoms with van der Waals surface area (Å²) >= 11 is 2.23. The molecule has 0 bridgehead atoms. The summed E-state index contributed by atoms with van der Waals surface area (Å²) in [5.41, 5.74) is 0. The normalized spacial score (nSPS) is 11.6. The van der Waals surface area contributed by atoms with E-state index in [1.165, 1.54) is 262 Å². The highest BCUT2D eigenvalue weighted by Gasteiger charge is 1.98. The molecule has 266 valence electrons. The molecule has 0 aromatic heterocycles. The first-order chi connectivity index (χ1) is 21.9. The van der Waals surface area contributed by atoms with E-state index in [4.69, 9.17) is 0 Å². The molecule has 0 radical (unpaired) electrons.